The molecule has 0 aliphatic carbocycles. The van der Waals surface area contributed by atoms with Gasteiger partial charge in [-0.3, -0.25) is 9.89 Å². The molecule has 2 aromatic rings. The van der Waals surface area contributed by atoms with Crippen LogP contribution in [-0.2, 0) is 9.53 Å². The molecule has 0 spiro atoms. The quantitative estimate of drug-likeness (QED) is 0.610. The number of aromatic amines is 1. The molecule has 0 radical (unpaired) electrons. The second-order valence-corrected chi connectivity index (χ2v) is 5.74. The zero-order valence-corrected chi connectivity index (χ0v) is 13.0. The first kappa shape index (κ1) is 15.4. The van der Waals surface area contributed by atoms with E-state index >= 15 is 0 Å². The Morgan fingerprint density at radius 3 is 3.00 bits per heavy atom. The van der Waals surface area contributed by atoms with E-state index in [2.05, 4.69) is 25.5 Å². The molecular weight excluding hydrogens is 314 g/mol. The minimum absolute atomic E-state index is 0.169. The molecule has 21 heavy (non-hydrogen) atoms. The van der Waals surface area contributed by atoms with E-state index in [1.165, 1.54) is 18.1 Å². The van der Waals surface area contributed by atoms with Crippen LogP contribution in [0.15, 0.2) is 11.5 Å². The Morgan fingerprint density at radius 1 is 1.52 bits per heavy atom. The molecule has 0 fully saturated rings. The highest BCUT2D eigenvalue weighted by Crippen LogP contribution is 2.23. The Hall–Kier alpha value is -1.94. The number of esters is 1. The predicted molar refractivity (Wildman–Crippen MR) is 78.5 cm³/mol. The van der Waals surface area contributed by atoms with Gasteiger partial charge in [-0.2, -0.15) is 5.10 Å². The SMILES string of the molecule is CCOC(=O)c1sc(NC(=O)CSc2ncn[nH]2)nc1C. The van der Waals surface area contributed by atoms with Crippen LogP contribution in [0.4, 0.5) is 5.13 Å². The molecular formula is C11H13N5O3S2. The van der Waals surface area contributed by atoms with Crippen molar-refractivity contribution in [1.29, 1.82) is 0 Å². The van der Waals surface area contributed by atoms with E-state index in [1.54, 1.807) is 13.8 Å². The molecule has 8 nitrogen and oxygen atoms in total. The number of aryl methyl sites for hydroxylation is 1. The lowest BCUT2D eigenvalue weighted by Gasteiger charge is -1.99. The third kappa shape index (κ3) is 4.26. The molecule has 1 amide bonds. The van der Waals surface area contributed by atoms with Crippen LogP contribution in [0.25, 0.3) is 0 Å². The average molecular weight is 327 g/mol. The molecule has 112 valence electrons. The van der Waals surface area contributed by atoms with Gasteiger partial charge in [-0.25, -0.2) is 14.8 Å². The summed E-state index contributed by atoms with van der Waals surface area (Å²) in [5.74, 6) is -0.493. The Labute approximate surface area is 128 Å². The zero-order chi connectivity index (χ0) is 15.2. The van der Waals surface area contributed by atoms with Crippen LogP contribution in [0, 0.1) is 6.92 Å². The summed E-state index contributed by atoms with van der Waals surface area (Å²) in [5.41, 5.74) is 0.539. The highest BCUT2D eigenvalue weighted by Gasteiger charge is 2.17. The predicted octanol–water partition coefficient (Wildman–Crippen LogP) is 1.48. The number of thioether (sulfide) groups is 1. The van der Waals surface area contributed by atoms with Gasteiger partial charge in [0, 0.05) is 0 Å². The van der Waals surface area contributed by atoms with Gasteiger partial charge in [0.05, 0.1) is 18.1 Å². The molecule has 0 aliphatic rings. The lowest BCUT2D eigenvalue weighted by atomic mass is 10.4. The Morgan fingerprint density at radius 2 is 2.33 bits per heavy atom. The van der Waals surface area contributed by atoms with Crippen molar-refractivity contribution in [3.8, 4) is 0 Å². The van der Waals surface area contributed by atoms with Crippen LogP contribution in [0.1, 0.15) is 22.3 Å². The van der Waals surface area contributed by atoms with Crippen LogP contribution in [-0.4, -0.2) is 44.4 Å². The highest BCUT2D eigenvalue weighted by molar-refractivity contribution is 7.99. The van der Waals surface area contributed by atoms with Gasteiger partial charge in [-0.1, -0.05) is 23.1 Å². The number of anilines is 1. The Balaban J connectivity index is 1.92. The summed E-state index contributed by atoms with van der Waals surface area (Å²) < 4.78 is 4.92. The van der Waals surface area contributed by atoms with Gasteiger partial charge in [0.15, 0.2) is 10.3 Å². The normalized spacial score (nSPS) is 10.4. The van der Waals surface area contributed by atoms with Crippen LogP contribution >= 0.6 is 23.1 Å². The van der Waals surface area contributed by atoms with E-state index < -0.39 is 5.97 Å². The molecule has 2 heterocycles. The minimum atomic E-state index is -0.427. The molecule has 0 unspecified atom stereocenters. The van der Waals surface area contributed by atoms with Gasteiger partial charge in [0.25, 0.3) is 0 Å². The topological polar surface area (TPSA) is 110 Å². The van der Waals surface area contributed by atoms with Crippen LogP contribution in [0.2, 0.25) is 0 Å². The molecule has 0 bridgehead atoms. The number of carbonyl (C=O) groups excluding carboxylic acids is 2. The van der Waals surface area contributed by atoms with Crippen molar-refractivity contribution in [2.75, 3.05) is 17.7 Å². The molecule has 10 heteroatoms. The number of nitrogens with zero attached hydrogens (tertiary/aromatic N) is 3. The van der Waals surface area contributed by atoms with Crippen molar-refractivity contribution in [2.24, 2.45) is 0 Å². The van der Waals surface area contributed by atoms with E-state index in [4.69, 9.17) is 4.74 Å². The first-order valence-electron chi connectivity index (χ1n) is 6.02. The number of carbonyl (C=O) groups is 2. The van der Waals surface area contributed by atoms with Gasteiger partial charge in [-0.05, 0) is 13.8 Å². The Kier molecular flexibility index (Phi) is 5.28. The number of rotatable bonds is 6. The number of amides is 1. The van der Waals surface area contributed by atoms with Crippen molar-refractivity contribution in [1.82, 2.24) is 20.2 Å². The van der Waals surface area contributed by atoms with Crippen LogP contribution in [0.3, 0.4) is 0 Å². The summed E-state index contributed by atoms with van der Waals surface area (Å²) in [6.07, 6.45) is 1.37. The van der Waals surface area contributed by atoms with Crippen molar-refractivity contribution in [3.05, 3.63) is 16.9 Å². The average Bonchev–Trinajstić information content (AvgIpc) is 3.06. The van der Waals surface area contributed by atoms with Crippen LogP contribution in [0.5, 0.6) is 0 Å². The van der Waals surface area contributed by atoms with Crippen molar-refractivity contribution in [2.45, 2.75) is 19.0 Å². The fourth-order valence-electron chi connectivity index (χ4n) is 1.39. The second kappa shape index (κ2) is 7.18. The molecule has 0 aromatic carbocycles. The molecule has 0 aliphatic heterocycles. The molecule has 2 N–H and O–H groups in total. The summed E-state index contributed by atoms with van der Waals surface area (Å²) in [4.78, 5) is 31.9. The van der Waals surface area contributed by atoms with Gasteiger partial charge in [0.1, 0.15) is 11.2 Å². The van der Waals surface area contributed by atoms with E-state index in [1.807, 2.05) is 0 Å². The monoisotopic (exact) mass is 327 g/mol. The maximum Gasteiger partial charge on any atom is 0.350 e. The van der Waals surface area contributed by atoms with Crippen molar-refractivity contribution >= 4 is 40.1 Å². The Bertz CT molecular complexity index is 626. The van der Waals surface area contributed by atoms with Crippen molar-refractivity contribution < 1.29 is 14.3 Å². The third-order valence-corrected chi connectivity index (χ3v) is 4.17. The largest absolute Gasteiger partial charge is 0.462 e. The molecule has 0 saturated carbocycles. The number of nitrogens with one attached hydrogen (secondary N) is 2. The van der Waals surface area contributed by atoms with E-state index in [-0.39, 0.29) is 11.7 Å². The number of thiazole rings is 1. The molecule has 2 rings (SSSR count). The lowest BCUT2D eigenvalue weighted by Crippen LogP contribution is -2.13. The maximum atomic E-state index is 11.8. The lowest BCUT2D eigenvalue weighted by molar-refractivity contribution is -0.113. The standard InChI is InChI=1S/C11H13N5O3S2/c1-3-19-9(18)8-6(2)14-11(21-8)15-7(17)4-20-10-12-5-13-16-10/h5H,3-4H2,1-2H3,(H,12,13,16)(H,14,15,17). The molecule has 0 atom stereocenters. The van der Waals surface area contributed by atoms with Gasteiger partial charge in [0.2, 0.25) is 5.91 Å². The van der Waals surface area contributed by atoms with Crippen LogP contribution < -0.4 is 5.32 Å². The summed E-state index contributed by atoms with van der Waals surface area (Å²) in [7, 11) is 0. The number of aromatic nitrogens is 4. The number of hydrogen-bond acceptors (Lipinski definition) is 8. The van der Waals surface area contributed by atoms with Crippen molar-refractivity contribution in [3.63, 3.8) is 0 Å². The maximum absolute atomic E-state index is 11.8. The smallest absolute Gasteiger partial charge is 0.350 e. The number of H-pyrrole nitrogens is 1. The third-order valence-electron chi connectivity index (χ3n) is 2.24. The first-order valence-corrected chi connectivity index (χ1v) is 7.83. The first-order chi connectivity index (χ1) is 10.1. The highest BCUT2D eigenvalue weighted by atomic mass is 32.2. The fraction of sp³-hybridized carbons (Fsp3) is 0.364. The number of hydrogen-bond donors (Lipinski definition) is 2. The van der Waals surface area contributed by atoms with E-state index in [0.717, 1.165) is 11.3 Å². The fourth-order valence-corrected chi connectivity index (χ4v) is 2.84. The van der Waals surface area contributed by atoms with Gasteiger partial charge < -0.3 is 10.1 Å². The van der Waals surface area contributed by atoms with Gasteiger partial charge in [-0.15, -0.1) is 0 Å². The minimum Gasteiger partial charge on any atom is -0.462 e. The zero-order valence-electron chi connectivity index (χ0n) is 11.4. The van der Waals surface area contributed by atoms with E-state index in [0.29, 0.717) is 27.5 Å². The second-order valence-electron chi connectivity index (χ2n) is 3.78. The summed E-state index contributed by atoms with van der Waals surface area (Å²) in [6.45, 7) is 3.73. The summed E-state index contributed by atoms with van der Waals surface area (Å²) >= 11 is 2.32. The van der Waals surface area contributed by atoms with E-state index in [9.17, 15) is 9.59 Å². The molecule has 0 saturated heterocycles. The van der Waals surface area contributed by atoms with Gasteiger partial charge >= 0.3 is 5.97 Å². The summed E-state index contributed by atoms with van der Waals surface area (Å²) in [5, 5.41) is 9.91. The number of ether oxygens (including phenoxy) is 1. The summed E-state index contributed by atoms with van der Waals surface area (Å²) in [6, 6.07) is 0. The molecule has 2 aromatic heterocycles.